The largest absolute Gasteiger partial charge is 0.493 e. The number of Topliss-reactive ketones (excluding diaryl/α,β-unsaturated/α-hetero) is 1. The molecule has 6 nitrogen and oxygen atoms in total. The van der Waals surface area contributed by atoms with Gasteiger partial charge in [0.15, 0.2) is 5.78 Å². The van der Waals surface area contributed by atoms with Crippen molar-refractivity contribution in [3.63, 3.8) is 0 Å². The summed E-state index contributed by atoms with van der Waals surface area (Å²) in [7, 11) is 0. The Kier molecular flexibility index (Phi) is 7.84. The summed E-state index contributed by atoms with van der Waals surface area (Å²) in [5.41, 5.74) is 1.25. The van der Waals surface area contributed by atoms with Crippen molar-refractivity contribution < 1.29 is 23.9 Å². The van der Waals surface area contributed by atoms with Crippen molar-refractivity contribution in [3.05, 3.63) is 63.1 Å². The van der Waals surface area contributed by atoms with Gasteiger partial charge < -0.3 is 14.8 Å². The summed E-state index contributed by atoms with van der Waals surface area (Å²) in [6, 6.07) is 9.35. The van der Waals surface area contributed by atoms with E-state index in [1.165, 1.54) is 25.1 Å². The molecule has 0 atom stereocenters. The van der Waals surface area contributed by atoms with Crippen LogP contribution in [0.15, 0.2) is 36.4 Å². The first kappa shape index (κ1) is 21.7. The molecule has 148 valence electrons. The maximum Gasteiger partial charge on any atom is 0.325 e. The lowest BCUT2D eigenvalue weighted by atomic mass is 10.1. The van der Waals surface area contributed by atoms with E-state index in [-0.39, 0.29) is 29.5 Å². The molecule has 2 rings (SSSR count). The number of rotatable bonds is 8. The average molecular weight is 424 g/mol. The molecule has 1 N–H and O–H groups in total. The molecule has 0 unspecified atom stereocenters. The van der Waals surface area contributed by atoms with Crippen LogP contribution in [-0.2, 0) is 16.1 Å². The smallest absolute Gasteiger partial charge is 0.325 e. The van der Waals surface area contributed by atoms with Crippen molar-refractivity contribution in [1.29, 1.82) is 0 Å². The number of halogens is 2. The number of hydrogen-bond acceptors (Lipinski definition) is 5. The zero-order valence-corrected chi connectivity index (χ0v) is 16.9. The molecule has 0 spiro atoms. The van der Waals surface area contributed by atoms with E-state index in [1.54, 1.807) is 18.2 Å². The molecule has 0 aromatic heterocycles. The van der Waals surface area contributed by atoms with Crippen molar-refractivity contribution in [3.8, 4) is 5.75 Å². The highest BCUT2D eigenvalue weighted by Gasteiger charge is 2.14. The van der Waals surface area contributed by atoms with Crippen molar-refractivity contribution >= 4 is 40.9 Å². The van der Waals surface area contributed by atoms with Crippen LogP contribution in [0.4, 0.5) is 0 Å². The van der Waals surface area contributed by atoms with Gasteiger partial charge >= 0.3 is 5.97 Å². The minimum absolute atomic E-state index is 0.0904. The van der Waals surface area contributed by atoms with Gasteiger partial charge in [-0.05, 0) is 50.2 Å². The van der Waals surface area contributed by atoms with Crippen LogP contribution in [-0.4, -0.2) is 30.8 Å². The zero-order valence-electron chi connectivity index (χ0n) is 15.4. The van der Waals surface area contributed by atoms with Gasteiger partial charge in [-0.3, -0.25) is 14.4 Å². The molecule has 1 amide bonds. The number of esters is 1. The van der Waals surface area contributed by atoms with Gasteiger partial charge in [-0.15, -0.1) is 0 Å². The third-order valence-electron chi connectivity index (χ3n) is 3.72. The molecule has 0 aliphatic carbocycles. The van der Waals surface area contributed by atoms with Crippen molar-refractivity contribution in [2.24, 2.45) is 0 Å². The second-order valence-electron chi connectivity index (χ2n) is 5.78. The molecule has 0 heterocycles. The number of ketones is 1. The zero-order chi connectivity index (χ0) is 20.7. The minimum Gasteiger partial charge on any atom is -0.493 e. The number of amides is 1. The summed E-state index contributed by atoms with van der Waals surface area (Å²) < 4.78 is 10.7. The van der Waals surface area contributed by atoms with Crippen molar-refractivity contribution in [1.82, 2.24) is 5.32 Å². The van der Waals surface area contributed by atoms with Crippen LogP contribution in [0.25, 0.3) is 0 Å². The number of benzene rings is 2. The van der Waals surface area contributed by atoms with E-state index >= 15 is 0 Å². The van der Waals surface area contributed by atoms with Gasteiger partial charge in [-0.1, -0.05) is 23.2 Å². The summed E-state index contributed by atoms with van der Waals surface area (Å²) in [6.07, 6.45) is 0. The molecule has 0 saturated heterocycles. The summed E-state index contributed by atoms with van der Waals surface area (Å²) in [6.45, 7) is 3.27. The highest BCUT2D eigenvalue weighted by molar-refractivity contribution is 6.36. The number of ether oxygens (including phenoxy) is 2. The lowest BCUT2D eigenvalue weighted by Gasteiger charge is -2.12. The summed E-state index contributed by atoms with van der Waals surface area (Å²) in [5.74, 6) is -0.749. The first-order chi connectivity index (χ1) is 13.3. The molecule has 2 aromatic rings. The molecule has 0 bridgehead atoms. The average Bonchev–Trinajstić information content (AvgIpc) is 2.65. The first-order valence-electron chi connectivity index (χ1n) is 8.47. The quantitative estimate of drug-likeness (QED) is 0.511. The van der Waals surface area contributed by atoms with E-state index in [0.717, 1.165) is 0 Å². The topological polar surface area (TPSA) is 81.7 Å². The lowest BCUT2D eigenvalue weighted by Crippen LogP contribution is -2.30. The van der Waals surface area contributed by atoms with Gasteiger partial charge in [-0.25, -0.2) is 0 Å². The molecule has 0 aliphatic heterocycles. The Morgan fingerprint density at radius 2 is 1.82 bits per heavy atom. The van der Waals surface area contributed by atoms with Gasteiger partial charge in [0.05, 0.1) is 17.2 Å². The van der Waals surface area contributed by atoms with Gasteiger partial charge in [0.25, 0.3) is 5.91 Å². The fourth-order valence-electron chi connectivity index (χ4n) is 2.34. The highest BCUT2D eigenvalue weighted by Crippen LogP contribution is 2.22. The van der Waals surface area contributed by atoms with Crippen molar-refractivity contribution in [2.75, 3.05) is 13.2 Å². The predicted molar refractivity (Wildman–Crippen MR) is 106 cm³/mol. The molecular weight excluding hydrogens is 405 g/mol. The Balaban J connectivity index is 1.95. The number of nitrogens with one attached hydrogen (secondary N) is 1. The van der Waals surface area contributed by atoms with Gasteiger partial charge in [0, 0.05) is 16.1 Å². The first-order valence-corrected chi connectivity index (χ1v) is 9.23. The third kappa shape index (κ3) is 5.97. The van der Waals surface area contributed by atoms with Gasteiger partial charge in [0.2, 0.25) is 0 Å². The second-order valence-corrected chi connectivity index (χ2v) is 6.62. The fraction of sp³-hybridized carbons (Fsp3) is 0.250. The summed E-state index contributed by atoms with van der Waals surface area (Å²) in [4.78, 5) is 35.6. The number of hydrogen-bond donors (Lipinski definition) is 1. The fourth-order valence-corrected chi connectivity index (χ4v) is 2.83. The van der Waals surface area contributed by atoms with Crippen LogP contribution in [0, 0.1) is 0 Å². The van der Waals surface area contributed by atoms with Crippen LogP contribution in [0.3, 0.4) is 0 Å². The summed E-state index contributed by atoms with van der Waals surface area (Å²) in [5, 5.41) is 3.02. The Morgan fingerprint density at radius 1 is 1.07 bits per heavy atom. The van der Waals surface area contributed by atoms with Crippen LogP contribution in [0.2, 0.25) is 10.0 Å². The van der Waals surface area contributed by atoms with E-state index in [2.05, 4.69) is 5.32 Å². The highest BCUT2D eigenvalue weighted by atomic mass is 35.5. The molecule has 0 aliphatic rings. The number of carbonyl (C=O) groups excluding carboxylic acids is 3. The maximum absolute atomic E-state index is 12.1. The maximum atomic E-state index is 12.1. The Morgan fingerprint density at radius 3 is 2.46 bits per heavy atom. The van der Waals surface area contributed by atoms with Crippen LogP contribution in [0.5, 0.6) is 5.75 Å². The molecule has 0 fully saturated rings. The number of carbonyl (C=O) groups is 3. The third-order valence-corrected chi connectivity index (χ3v) is 4.27. The molecule has 8 heteroatoms. The van der Waals surface area contributed by atoms with E-state index in [0.29, 0.717) is 28.5 Å². The molecular formula is C20H19Cl2NO5. The summed E-state index contributed by atoms with van der Waals surface area (Å²) >= 11 is 11.8. The Labute approximate surface area is 172 Å². The SMILES string of the molecule is CCOc1ccc(C(C)=O)cc1COC(=O)CNC(=O)c1ccc(Cl)cc1Cl. The molecule has 2 aromatic carbocycles. The van der Waals surface area contributed by atoms with Crippen LogP contribution in [0.1, 0.15) is 40.1 Å². The van der Waals surface area contributed by atoms with Crippen LogP contribution < -0.4 is 10.1 Å². The minimum atomic E-state index is -0.644. The van der Waals surface area contributed by atoms with E-state index in [1.807, 2.05) is 6.92 Å². The molecule has 0 saturated carbocycles. The van der Waals surface area contributed by atoms with Crippen molar-refractivity contribution in [2.45, 2.75) is 20.5 Å². The molecule has 28 heavy (non-hydrogen) atoms. The Hall–Kier alpha value is -2.57. The van der Waals surface area contributed by atoms with E-state index < -0.39 is 11.9 Å². The second kappa shape index (κ2) is 10.1. The predicted octanol–water partition coefficient (Wildman–Crippen LogP) is 4.07. The van der Waals surface area contributed by atoms with Crippen LogP contribution >= 0.6 is 23.2 Å². The van der Waals surface area contributed by atoms with E-state index in [9.17, 15) is 14.4 Å². The lowest BCUT2D eigenvalue weighted by molar-refractivity contribution is -0.143. The molecule has 0 radical (unpaired) electrons. The standard InChI is InChI=1S/C20H19Cl2NO5/c1-3-27-18-7-4-13(12(2)24)8-14(18)11-28-19(25)10-23-20(26)16-6-5-15(21)9-17(16)22/h4-9H,3,10-11H2,1-2H3,(H,23,26). The van der Waals surface area contributed by atoms with Gasteiger partial charge in [-0.2, -0.15) is 0 Å². The van der Waals surface area contributed by atoms with Gasteiger partial charge in [0.1, 0.15) is 18.9 Å². The van der Waals surface area contributed by atoms with E-state index in [4.69, 9.17) is 32.7 Å². The monoisotopic (exact) mass is 423 g/mol. The Bertz CT molecular complexity index is 898. The normalized spacial score (nSPS) is 10.3.